The summed E-state index contributed by atoms with van der Waals surface area (Å²) in [4.78, 5) is 18.9. The van der Waals surface area contributed by atoms with Gasteiger partial charge in [0.15, 0.2) is 53.7 Å². The first kappa shape index (κ1) is 67.6. The normalized spacial score (nSPS) is 13.2. The lowest BCUT2D eigenvalue weighted by atomic mass is 9.94. The van der Waals surface area contributed by atoms with Crippen molar-refractivity contribution < 1.29 is 44.2 Å². The van der Waals surface area contributed by atoms with Gasteiger partial charge in [0.2, 0.25) is 45.6 Å². The molecule has 13 heterocycles. The van der Waals surface area contributed by atoms with Gasteiger partial charge in [0.05, 0.1) is 22.3 Å². The summed E-state index contributed by atoms with van der Waals surface area (Å²) in [6, 6.07) is 42.5. The van der Waals surface area contributed by atoms with E-state index in [0.717, 1.165) is 168 Å². The van der Waals surface area contributed by atoms with Gasteiger partial charge in [-0.05, 0) is 190 Å². The Morgan fingerprint density at radius 3 is 0.982 bits per heavy atom. The van der Waals surface area contributed by atoms with Crippen molar-refractivity contribution in [2.75, 3.05) is 0 Å². The molecule has 0 aliphatic carbocycles. The Kier molecular flexibility index (Phi) is 18.4. The van der Waals surface area contributed by atoms with Crippen molar-refractivity contribution in [3.05, 3.63) is 236 Å². The van der Waals surface area contributed by atoms with Crippen LogP contribution in [0.4, 0.5) is 0 Å². The van der Waals surface area contributed by atoms with E-state index < -0.39 is 13.7 Å². The third-order valence-corrected chi connectivity index (χ3v) is 22.2. The van der Waals surface area contributed by atoms with Crippen LogP contribution in [0, 0.1) is 48.3 Å². The molecule has 0 unspecified atom stereocenters. The molecule has 1 aliphatic rings. The van der Waals surface area contributed by atoms with Crippen LogP contribution in [-0.4, -0.2) is 19.9 Å². The van der Waals surface area contributed by atoms with E-state index >= 15 is 0 Å². The number of hydrogen-bond acceptors (Lipinski definition) is 8. The molecule has 4 aromatic carbocycles. The second kappa shape index (κ2) is 29.7. The quantitative estimate of drug-likeness (QED) is 0.117. The zero-order valence-corrected chi connectivity index (χ0v) is 67.7. The average Bonchev–Trinajstić information content (AvgIpc) is 1.59. The lowest BCUT2D eigenvalue weighted by Crippen LogP contribution is -2.32. The molecule has 0 bridgehead atoms. The van der Waals surface area contributed by atoms with Gasteiger partial charge < -0.3 is 17.7 Å². The molecule has 556 valence electrons. The van der Waals surface area contributed by atoms with E-state index in [1.165, 1.54) is 44.8 Å². The first-order chi connectivity index (χ1) is 54.4. The van der Waals surface area contributed by atoms with Crippen LogP contribution < -0.4 is 18.3 Å². The summed E-state index contributed by atoms with van der Waals surface area (Å²) in [5, 5.41) is 8.50. The summed E-state index contributed by atoms with van der Waals surface area (Å²) >= 11 is 0. The fourth-order valence-corrected chi connectivity index (χ4v) is 16.1. The first-order valence-electron chi connectivity index (χ1n) is 41.9. The van der Waals surface area contributed by atoms with Crippen LogP contribution in [0.2, 0.25) is 0 Å². The number of nitrogens with zero attached hydrogens (tertiary/aromatic N) is 8. The van der Waals surface area contributed by atoms with E-state index in [4.69, 9.17) is 40.8 Å². The molecule has 0 fully saturated rings. The molecule has 12 heteroatoms. The molecular formula is C97H108N8O4+4. The predicted molar refractivity (Wildman–Crippen MR) is 447 cm³/mol. The van der Waals surface area contributed by atoms with E-state index in [9.17, 15) is 0 Å². The molecule has 0 saturated heterocycles. The van der Waals surface area contributed by atoms with Crippen molar-refractivity contribution in [3.63, 3.8) is 0 Å². The van der Waals surface area contributed by atoms with Gasteiger partial charge in [-0.15, -0.1) is 0 Å². The summed E-state index contributed by atoms with van der Waals surface area (Å²) in [6.45, 7) is 37.0. The number of aromatic nitrogens is 8. The molecule has 0 spiro atoms. The zero-order valence-electron chi connectivity index (χ0n) is 73.7. The Morgan fingerprint density at radius 2 is 0.633 bits per heavy atom. The first-order valence-corrected chi connectivity index (χ1v) is 38.9. The number of pyridine rings is 8. The summed E-state index contributed by atoms with van der Waals surface area (Å²) in [5.41, 5.74) is 31.6. The molecule has 0 atom stereocenters. The maximum absolute atomic E-state index is 7.98. The van der Waals surface area contributed by atoms with Gasteiger partial charge in [-0.1, -0.05) is 139 Å². The van der Waals surface area contributed by atoms with Crippen LogP contribution in [0.25, 0.3) is 133 Å². The minimum atomic E-state index is -2.16. The van der Waals surface area contributed by atoms with E-state index in [1.54, 1.807) is 12.4 Å². The Bertz CT molecular complexity index is 6520. The zero-order chi connectivity index (χ0) is 82.6. The van der Waals surface area contributed by atoms with Crippen molar-refractivity contribution in [2.24, 2.45) is 21.1 Å². The van der Waals surface area contributed by atoms with Gasteiger partial charge in [-0.3, -0.25) is 0 Å². The highest BCUT2D eigenvalue weighted by Crippen LogP contribution is 2.44. The molecule has 17 rings (SSSR count). The molecule has 0 amide bonds. The van der Waals surface area contributed by atoms with Gasteiger partial charge in [0.25, 0.3) is 0 Å². The van der Waals surface area contributed by atoms with Gasteiger partial charge >= 0.3 is 0 Å². The van der Waals surface area contributed by atoms with Crippen molar-refractivity contribution in [1.82, 2.24) is 19.9 Å². The summed E-state index contributed by atoms with van der Waals surface area (Å²) in [5.74, 6) is 1.86. The third-order valence-electron chi connectivity index (χ3n) is 22.2. The van der Waals surface area contributed by atoms with Gasteiger partial charge in [0.1, 0.15) is 21.1 Å². The van der Waals surface area contributed by atoms with Crippen LogP contribution >= 0.6 is 0 Å². The smallest absolute Gasteiger partial charge is 0.227 e. The largest absolute Gasteiger partial charge is 0.437 e. The van der Waals surface area contributed by atoms with E-state index in [0.29, 0.717) is 52.8 Å². The molecule has 0 saturated carbocycles. The lowest BCUT2D eigenvalue weighted by Gasteiger charge is -2.12. The van der Waals surface area contributed by atoms with Gasteiger partial charge in [0, 0.05) is 126 Å². The lowest BCUT2D eigenvalue weighted by molar-refractivity contribution is -0.672. The number of benzene rings is 4. The minimum absolute atomic E-state index is 0.0873. The molecular weight excluding hydrogens is 1340 g/mol. The van der Waals surface area contributed by atoms with E-state index in [-0.39, 0.29) is 11.8 Å². The van der Waals surface area contributed by atoms with Gasteiger partial charge in [-0.2, -0.15) is 4.57 Å². The second-order valence-electron chi connectivity index (χ2n) is 32.0. The van der Waals surface area contributed by atoms with Crippen LogP contribution in [0.3, 0.4) is 0 Å². The highest BCUT2D eigenvalue weighted by atomic mass is 16.4. The summed E-state index contributed by atoms with van der Waals surface area (Å²) in [6.07, 6.45) is 9.75. The average molecular weight is 1460 g/mol. The van der Waals surface area contributed by atoms with Crippen LogP contribution in [0.15, 0.2) is 164 Å². The number of hydrogen-bond donors (Lipinski definition) is 0. The van der Waals surface area contributed by atoms with Crippen molar-refractivity contribution in [3.8, 4) is 45.0 Å². The van der Waals surface area contributed by atoms with Crippen molar-refractivity contribution >= 4 is 88.3 Å². The SMILES string of the molecule is CCc1ccc2c(n1)oc1c(-c3cc(C(C)C)c(C)c[n+]3C)c(C)ccc12.Cc1c[n+](C)c(-c2c(C)ccc3c2oc2nc(C(C)C)ccc23)cc1C(C)C.[2H]C([2H])([2H])c1c[n+](C)c(-c2c(C)ccc3c2oc2nc(CC)ccc23)cc1C(C)C.[2H]C([2H])([2H])c1c[n+]2c(cc1C(C)C)-c1c(ccc3c1oc1nc(C(C)C)ccc13)C2. The second-order valence-corrected chi connectivity index (χ2v) is 32.0. The van der Waals surface area contributed by atoms with E-state index in [2.05, 4.69) is 248 Å². The van der Waals surface area contributed by atoms with Gasteiger partial charge in [-0.25, -0.2) is 33.6 Å². The number of furan rings is 4. The number of aryl methyl sites for hydroxylation is 12. The summed E-state index contributed by atoms with van der Waals surface area (Å²) < 4.78 is 81.5. The molecule has 109 heavy (non-hydrogen) atoms. The number of fused-ring (bicyclic) bond motifs is 16. The Hall–Kier alpha value is -10.7. The molecule has 0 radical (unpaired) electrons. The topological polar surface area (TPSA) is 120 Å². The Morgan fingerprint density at radius 1 is 0.330 bits per heavy atom. The summed E-state index contributed by atoms with van der Waals surface area (Å²) in [7, 11) is 6.12. The molecule has 16 aromatic rings. The Labute approximate surface area is 651 Å². The standard InChI is InChI=1S/C25H29N2O.C24H25N2O.2C24H27N2O/c1-14(2)20-12-22(27(7)13-17(20)6)23-16(5)8-9-18-19-10-11-21(15(3)4)26-25(19)28-24(18)23;1-13(2)19-10-21-22-16(12-26(21)11-15(19)5)6-7-17-18-8-9-20(14(3)4)25-24(18)27-23(17)22;2*1-7-17-9-11-19-18-10-8-15(4)22(23(18)27-24(19)25-17)21-12-20(14(2)3)16(5)13-26(21)6/h8-15H,1-7H3;6-11,13-14H,12H2,1-5H3;2*8-14H,7H2,1-6H3/q4*+1/i;2*5D3;. The fraction of sp³-hybridized carbons (Fsp3) is 0.340. The van der Waals surface area contributed by atoms with Crippen LogP contribution in [-0.2, 0) is 40.5 Å². The fourth-order valence-electron chi connectivity index (χ4n) is 16.1. The molecule has 1 aliphatic heterocycles. The maximum Gasteiger partial charge on any atom is 0.227 e. The molecule has 12 aromatic heterocycles. The monoisotopic (exact) mass is 1450 g/mol. The van der Waals surface area contributed by atoms with Crippen molar-refractivity contribution in [2.45, 2.75) is 200 Å². The third kappa shape index (κ3) is 13.8. The highest BCUT2D eigenvalue weighted by Gasteiger charge is 2.33. The molecule has 0 N–H and O–H groups in total. The highest BCUT2D eigenvalue weighted by molar-refractivity contribution is 6.12. The minimum Gasteiger partial charge on any atom is -0.437 e. The number of rotatable bonds is 11. The Balaban J connectivity index is 0.000000127. The maximum atomic E-state index is 7.98. The van der Waals surface area contributed by atoms with Crippen LogP contribution in [0.1, 0.15) is 230 Å². The van der Waals surface area contributed by atoms with Crippen molar-refractivity contribution in [1.29, 1.82) is 0 Å². The predicted octanol–water partition coefficient (Wildman–Crippen LogP) is 23.7. The van der Waals surface area contributed by atoms with E-state index in [1.807, 2.05) is 62.1 Å². The van der Waals surface area contributed by atoms with Crippen LogP contribution in [0.5, 0.6) is 0 Å². The molecule has 12 nitrogen and oxygen atoms in total.